The van der Waals surface area contributed by atoms with Crippen molar-refractivity contribution in [3.8, 4) is 11.5 Å². The first-order valence-corrected chi connectivity index (χ1v) is 26.4. The van der Waals surface area contributed by atoms with Gasteiger partial charge in [-0.1, -0.05) is 48.4 Å². The van der Waals surface area contributed by atoms with E-state index in [1.54, 1.807) is 18.2 Å². The van der Waals surface area contributed by atoms with Crippen LogP contribution in [0.25, 0.3) is 0 Å². The summed E-state index contributed by atoms with van der Waals surface area (Å²) in [5.74, 6) is 2.94. The van der Waals surface area contributed by atoms with E-state index < -0.39 is 47.4 Å². The van der Waals surface area contributed by atoms with E-state index in [4.69, 9.17) is 5.73 Å². The molecular formula is C30H35BrClNO8S6Si. The standard InChI is InChI=1S/C17H21NO4S3Si.C13H13BrO4S3.ClH/c1-24(19,20)15-9-13(7-8-26(2,3)4)10-16(11-15)25(21,22)17-6-5-14(12-18)23-17;1-3-10-4-5-13(19-10)21(17,18)12-7-9(14)6-11(8-12)20(2,15)16;/h5-6,9-11H,12,18H2,1-4H3;4-8H,3H2,1-2H3;1H. The Kier molecular flexibility index (Phi) is 14.1. The molecule has 2 heterocycles. The molecule has 0 radical (unpaired) electrons. The van der Waals surface area contributed by atoms with Crippen molar-refractivity contribution in [3.05, 3.63) is 80.5 Å². The number of benzene rings is 2. The third kappa shape index (κ3) is 11.1. The molecule has 0 saturated heterocycles. The quantitative estimate of drug-likeness (QED) is 0.156. The van der Waals surface area contributed by atoms with Gasteiger partial charge in [-0.2, -0.15) is 0 Å². The molecule has 262 valence electrons. The fraction of sp³-hybridized carbons (Fsp3) is 0.267. The minimum Gasteiger partial charge on any atom is -0.326 e. The van der Waals surface area contributed by atoms with Crippen LogP contribution in [-0.2, 0) is 52.3 Å². The zero-order valence-corrected chi connectivity index (χ0v) is 35.1. The van der Waals surface area contributed by atoms with Gasteiger partial charge < -0.3 is 5.73 Å². The Hall–Kier alpha value is -1.85. The van der Waals surface area contributed by atoms with Crippen LogP contribution in [0.15, 0.2) is 93.1 Å². The number of sulfone groups is 4. The number of aryl methyl sites for hydroxylation is 1. The first kappa shape index (κ1) is 42.3. The lowest BCUT2D eigenvalue weighted by Gasteiger charge is -2.07. The van der Waals surface area contributed by atoms with Gasteiger partial charge in [-0.05, 0) is 67.1 Å². The number of halogens is 2. The maximum atomic E-state index is 12.9. The van der Waals surface area contributed by atoms with Crippen LogP contribution < -0.4 is 5.73 Å². The summed E-state index contributed by atoms with van der Waals surface area (Å²) in [4.78, 5) is 1.51. The lowest BCUT2D eigenvalue weighted by atomic mass is 10.2. The van der Waals surface area contributed by atoms with Crippen molar-refractivity contribution in [2.75, 3.05) is 12.5 Å². The van der Waals surface area contributed by atoms with Gasteiger partial charge in [-0.25, -0.2) is 33.7 Å². The topological polar surface area (TPSA) is 163 Å². The van der Waals surface area contributed by atoms with Gasteiger partial charge in [0.25, 0.3) is 0 Å². The smallest absolute Gasteiger partial charge is 0.216 e. The van der Waals surface area contributed by atoms with E-state index in [1.165, 1.54) is 53.8 Å². The Morgan fingerprint density at radius 2 is 1.10 bits per heavy atom. The molecule has 0 saturated carbocycles. The second-order valence-electron chi connectivity index (χ2n) is 11.4. The van der Waals surface area contributed by atoms with Crippen molar-refractivity contribution in [3.63, 3.8) is 0 Å². The molecule has 0 spiro atoms. The van der Waals surface area contributed by atoms with Crippen LogP contribution in [0.3, 0.4) is 0 Å². The first-order valence-electron chi connectivity index (χ1n) is 13.7. The third-order valence-corrected chi connectivity index (χ3v) is 16.4. The fourth-order valence-corrected chi connectivity index (χ4v) is 12.0. The first-order chi connectivity index (χ1) is 21.5. The number of rotatable bonds is 8. The van der Waals surface area contributed by atoms with Crippen molar-refractivity contribution in [2.45, 2.75) is 67.5 Å². The van der Waals surface area contributed by atoms with Gasteiger partial charge in [0, 0.05) is 38.8 Å². The van der Waals surface area contributed by atoms with E-state index in [9.17, 15) is 33.7 Å². The monoisotopic (exact) mass is 871 g/mol. The summed E-state index contributed by atoms with van der Waals surface area (Å²) in [5.41, 5.74) is 9.07. The largest absolute Gasteiger partial charge is 0.326 e. The van der Waals surface area contributed by atoms with Crippen molar-refractivity contribution >= 4 is 98.4 Å². The summed E-state index contributed by atoms with van der Waals surface area (Å²) in [5, 5.41) is 0. The van der Waals surface area contributed by atoms with Gasteiger partial charge in [0.1, 0.15) is 16.5 Å². The van der Waals surface area contributed by atoms with E-state index in [0.29, 0.717) is 10.0 Å². The zero-order valence-electron chi connectivity index (χ0n) is 26.8. The number of thiophene rings is 2. The number of hydrogen-bond acceptors (Lipinski definition) is 11. The molecule has 4 aromatic rings. The SMILES string of the molecule is CCc1ccc(S(=O)(=O)c2cc(Br)cc(S(C)(=O)=O)c2)s1.C[Si](C)(C)C#Cc1cc(S(C)(=O)=O)cc(S(=O)(=O)c2ccc(CN)s2)c1.Cl. The van der Waals surface area contributed by atoms with Gasteiger partial charge in [-0.3, -0.25) is 0 Å². The molecule has 0 aliphatic carbocycles. The molecule has 0 bridgehead atoms. The van der Waals surface area contributed by atoms with Crippen LogP contribution in [0.4, 0.5) is 0 Å². The molecule has 0 fully saturated rings. The van der Waals surface area contributed by atoms with E-state index in [-0.39, 0.29) is 47.0 Å². The lowest BCUT2D eigenvalue weighted by Crippen LogP contribution is -2.16. The molecule has 0 atom stereocenters. The molecule has 4 rings (SSSR count). The van der Waals surface area contributed by atoms with E-state index in [2.05, 4.69) is 47.0 Å². The summed E-state index contributed by atoms with van der Waals surface area (Å²) >= 11 is 5.44. The highest BCUT2D eigenvalue weighted by Gasteiger charge is 2.24. The molecule has 2 aromatic carbocycles. The Bertz CT molecular complexity index is 2320. The van der Waals surface area contributed by atoms with Crippen molar-refractivity contribution in [1.82, 2.24) is 0 Å². The normalized spacial score (nSPS) is 12.2. The van der Waals surface area contributed by atoms with Gasteiger partial charge in [-0.15, -0.1) is 40.6 Å². The Labute approximate surface area is 307 Å². The van der Waals surface area contributed by atoms with Crippen molar-refractivity contribution in [2.24, 2.45) is 5.73 Å². The minimum absolute atomic E-state index is 0. The predicted molar refractivity (Wildman–Crippen MR) is 201 cm³/mol. The number of hydrogen-bond donors (Lipinski definition) is 1. The van der Waals surface area contributed by atoms with E-state index >= 15 is 0 Å². The molecule has 0 amide bonds. The van der Waals surface area contributed by atoms with E-state index in [0.717, 1.165) is 40.0 Å². The second-order valence-corrected chi connectivity index (χ2v) is 27.8. The minimum atomic E-state index is -3.85. The average molecular weight is 873 g/mol. The number of nitrogens with two attached hydrogens (primary N) is 1. The van der Waals surface area contributed by atoms with Gasteiger partial charge in [0.05, 0.1) is 19.6 Å². The molecule has 18 heteroatoms. The summed E-state index contributed by atoms with van der Waals surface area (Å²) in [6.45, 7) is 8.35. The molecule has 0 aliphatic rings. The molecule has 2 N–H and O–H groups in total. The second kappa shape index (κ2) is 16.0. The highest BCUT2D eigenvalue weighted by molar-refractivity contribution is 9.10. The van der Waals surface area contributed by atoms with Gasteiger partial charge >= 0.3 is 0 Å². The third-order valence-electron chi connectivity index (χ3n) is 6.14. The lowest BCUT2D eigenvalue weighted by molar-refractivity contribution is 0.594. The molecular weight excluding hydrogens is 838 g/mol. The van der Waals surface area contributed by atoms with Crippen LogP contribution in [0.2, 0.25) is 19.6 Å². The zero-order chi connectivity index (χ0) is 35.6. The molecule has 0 aliphatic heterocycles. The van der Waals surface area contributed by atoms with Crippen LogP contribution in [-0.4, -0.2) is 54.3 Å². The molecule has 2 aromatic heterocycles. The van der Waals surface area contributed by atoms with Crippen LogP contribution in [0.1, 0.15) is 22.2 Å². The summed E-state index contributed by atoms with van der Waals surface area (Å²) in [7, 11) is -16.3. The Morgan fingerprint density at radius 3 is 1.52 bits per heavy atom. The van der Waals surface area contributed by atoms with Crippen LogP contribution >= 0.6 is 51.0 Å². The van der Waals surface area contributed by atoms with Crippen molar-refractivity contribution in [1.29, 1.82) is 0 Å². The van der Waals surface area contributed by atoms with Crippen molar-refractivity contribution < 1.29 is 33.7 Å². The maximum Gasteiger partial charge on any atom is 0.216 e. The molecule has 48 heavy (non-hydrogen) atoms. The van der Waals surface area contributed by atoms with Gasteiger partial charge in [0.2, 0.25) is 19.7 Å². The summed E-state index contributed by atoms with van der Waals surface area (Å²) < 4.78 is 99.1. The fourth-order valence-electron chi connectivity index (χ4n) is 3.72. The maximum absolute atomic E-state index is 12.9. The highest BCUT2D eigenvalue weighted by atomic mass is 79.9. The Morgan fingerprint density at radius 1 is 0.688 bits per heavy atom. The van der Waals surface area contributed by atoms with Gasteiger partial charge in [0.15, 0.2) is 19.7 Å². The molecule has 9 nitrogen and oxygen atoms in total. The Balaban J connectivity index is 0.000000334. The summed E-state index contributed by atoms with van der Waals surface area (Å²) in [6, 6.07) is 14.5. The van der Waals surface area contributed by atoms with Crippen LogP contribution in [0, 0.1) is 11.5 Å². The molecule has 0 unspecified atom stereocenters. The van der Waals surface area contributed by atoms with Crippen LogP contribution in [0.5, 0.6) is 0 Å². The average Bonchev–Trinajstić information content (AvgIpc) is 3.66. The summed E-state index contributed by atoms with van der Waals surface area (Å²) in [6.07, 6.45) is 2.85. The highest BCUT2D eigenvalue weighted by Crippen LogP contribution is 2.32. The predicted octanol–water partition coefficient (Wildman–Crippen LogP) is 6.40. The van der Waals surface area contributed by atoms with E-state index in [1.807, 2.05) is 6.92 Å².